The summed E-state index contributed by atoms with van der Waals surface area (Å²) in [5, 5.41) is 0.489. The molecule has 0 atom stereocenters. The monoisotopic (exact) mass is 549 g/mol. The molecular formula is C21H32ClN5O6S2. The summed E-state index contributed by atoms with van der Waals surface area (Å²) in [6.07, 6.45) is 3.10. The summed E-state index contributed by atoms with van der Waals surface area (Å²) in [5.41, 5.74) is 0.249. The van der Waals surface area contributed by atoms with Gasteiger partial charge in [0.15, 0.2) is 0 Å². The first-order valence-corrected chi connectivity index (χ1v) is 14.0. The van der Waals surface area contributed by atoms with Gasteiger partial charge in [0.25, 0.3) is 0 Å². The predicted molar refractivity (Wildman–Crippen MR) is 133 cm³/mol. The van der Waals surface area contributed by atoms with E-state index in [-0.39, 0.29) is 13.1 Å². The van der Waals surface area contributed by atoms with E-state index in [2.05, 4.69) is 9.71 Å². The zero-order chi connectivity index (χ0) is 26.4. The van der Waals surface area contributed by atoms with Crippen LogP contribution in [0.5, 0.6) is 0 Å². The van der Waals surface area contributed by atoms with Gasteiger partial charge in [-0.05, 0) is 57.7 Å². The number of ether oxygens (including phenoxy) is 1. The van der Waals surface area contributed by atoms with Crippen LogP contribution in [0, 0.1) is 0 Å². The van der Waals surface area contributed by atoms with Crippen molar-refractivity contribution >= 4 is 38.1 Å². The number of hydrogen-bond donors (Lipinski definition) is 1. The van der Waals surface area contributed by atoms with Gasteiger partial charge in [-0.3, -0.25) is 0 Å². The number of unbranched alkanes of at least 4 members (excludes halogenated alkanes) is 1. The second-order valence-corrected chi connectivity index (χ2v) is 13.1. The Balaban J connectivity index is 1.98. The van der Waals surface area contributed by atoms with Crippen LogP contribution >= 0.6 is 11.6 Å². The number of carbonyl (C=O) groups excluding carboxylic acids is 1. The normalized spacial score (nSPS) is 12.7. The number of carbonyl (C=O) groups is 1. The van der Waals surface area contributed by atoms with Crippen molar-refractivity contribution < 1.29 is 26.4 Å². The molecular weight excluding hydrogens is 518 g/mol. The molecule has 0 saturated carbocycles. The second kappa shape index (κ2) is 11.7. The van der Waals surface area contributed by atoms with Gasteiger partial charge in [-0.1, -0.05) is 23.7 Å². The van der Waals surface area contributed by atoms with Gasteiger partial charge in [0.1, 0.15) is 11.9 Å². The molecule has 196 valence electrons. The topological polar surface area (TPSA) is 131 Å². The quantitative estimate of drug-likeness (QED) is 0.426. The second-order valence-electron chi connectivity index (χ2n) is 8.96. The highest BCUT2D eigenvalue weighted by molar-refractivity contribution is 7.87. The first kappa shape index (κ1) is 29.0. The van der Waals surface area contributed by atoms with Crippen molar-refractivity contribution in [1.29, 1.82) is 0 Å². The van der Waals surface area contributed by atoms with Gasteiger partial charge in [-0.25, -0.2) is 13.8 Å². The van der Waals surface area contributed by atoms with E-state index in [1.54, 1.807) is 45.0 Å². The number of nitrogens with one attached hydrogen (secondary N) is 1. The first-order chi connectivity index (χ1) is 16.1. The lowest BCUT2D eigenvalue weighted by Crippen LogP contribution is -2.46. The summed E-state index contributed by atoms with van der Waals surface area (Å²) in [5.74, 6) is 0. The molecule has 11 nitrogen and oxygen atoms in total. The van der Waals surface area contributed by atoms with Crippen LogP contribution in [0.25, 0.3) is 0 Å². The molecule has 0 radical (unpaired) electrons. The molecule has 0 saturated heterocycles. The van der Waals surface area contributed by atoms with E-state index in [1.807, 2.05) is 0 Å². The summed E-state index contributed by atoms with van der Waals surface area (Å²) in [4.78, 5) is 16.8. The number of rotatable bonds is 11. The maximum absolute atomic E-state index is 12.9. The third kappa shape index (κ3) is 8.76. The molecule has 1 N–H and O–H groups in total. The number of amides is 1. The number of benzene rings is 1. The maximum Gasteiger partial charge on any atom is 0.425 e. The summed E-state index contributed by atoms with van der Waals surface area (Å²) in [6.45, 7) is 4.79. The first-order valence-electron chi connectivity index (χ1n) is 10.8. The van der Waals surface area contributed by atoms with Crippen molar-refractivity contribution in [3.05, 3.63) is 53.1 Å². The fourth-order valence-corrected chi connectivity index (χ4v) is 4.85. The Hall–Kier alpha value is -2.19. The van der Waals surface area contributed by atoms with E-state index in [1.165, 1.54) is 26.6 Å². The molecule has 0 aliphatic heterocycles. The lowest BCUT2D eigenvalue weighted by molar-refractivity contribution is 0.0379. The van der Waals surface area contributed by atoms with Gasteiger partial charge in [-0.15, -0.1) is 0 Å². The minimum atomic E-state index is -4.20. The molecule has 0 spiro atoms. The largest absolute Gasteiger partial charge is 0.443 e. The molecule has 0 aliphatic rings. The van der Waals surface area contributed by atoms with Crippen molar-refractivity contribution in [2.24, 2.45) is 0 Å². The number of aryl methyl sites for hydroxylation is 1. The van der Waals surface area contributed by atoms with E-state index in [9.17, 15) is 21.6 Å². The molecule has 2 rings (SSSR count). The number of halogens is 1. The maximum atomic E-state index is 12.9. The SMILES string of the molecule is CN(C)S(=O)(=O)n1cnc(CCCCNS(=O)(=O)N(Cc2ccc(Cl)cc2)C(=O)OC(C)(C)C)c1. The van der Waals surface area contributed by atoms with Crippen molar-refractivity contribution in [3.63, 3.8) is 0 Å². The minimum absolute atomic E-state index is 0.0684. The smallest absolute Gasteiger partial charge is 0.425 e. The average Bonchev–Trinajstić information content (AvgIpc) is 3.21. The highest BCUT2D eigenvalue weighted by atomic mass is 35.5. The molecule has 1 heterocycles. The van der Waals surface area contributed by atoms with Crippen LogP contribution in [0.3, 0.4) is 0 Å². The Labute approximate surface area is 212 Å². The molecule has 0 fully saturated rings. The van der Waals surface area contributed by atoms with Gasteiger partial charge >= 0.3 is 26.5 Å². The fraction of sp³-hybridized carbons (Fsp3) is 0.524. The molecule has 2 aromatic rings. The number of nitrogens with zero attached hydrogens (tertiary/aromatic N) is 4. The van der Waals surface area contributed by atoms with E-state index < -0.39 is 32.1 Å². The molecule has 1 aromatic heterocycles. The summed E-state index contributed by atoms with van der Waals surface area (Å²) < 4.78 is 60.6. The van der Waals surface area contributed by atoms with Gasteiger partial charge in [-0.2, -0.15) is 30.2 Å². The Morgan fingerprint density at radius 2 is 1.74 bits per heavy atom. The van der Waals surface area contributed by atoms with Crippen molar-refractivity contribution in [1.82, 2.24) is 22.3 Å². The summed E-state index contributed by atoms with van der Waals surface area (Å²) >= 11 is 5.89. The van der Waals surface area contributed by atoms with Crippen LogP contribution in [0.1, 0.15) is 44.9 Å². The molecule has 35 heavy (non-hydrogen) atoms. The predicted octanol–water partition coefficient (Wildman–Crippen LogP) is 2.79. The van der Waals surface area contributed by atoms with Crippen LogP contribution < -0.4 is 4.72 Å². The zero-order valence-electron chi connectivity index (χ0n) is 20.4. The lowest BCUT2D eigenvalue weighted by atomic mass is 10.2. The average molecular weight is 550 g/mol. The molecule has 0 aliphatic carbocycles. The highest BCUT2D eigenvalue weighted by Crippen LogP contribution is 2.17. The number of aromatic nitrogens is 2. The van der Waals surface area contributed by atoms with Crippen LogP contribution in [0.2, 0.25) is 5.02 Å². The van der Waals surface area contributed by atoms with Crippen LogP contribution in [-0.2, 0) is 38.1 Å². The molecule has 1 amide bonds. The number of hydrogen-bond acceptors (Lipinski definition) is 7. The Bertz CT molecular complexity index is 1210. The third-order valence-electron chi connectivity index (χ3n) is 4.61. The zero-order valence-corrected chi connectivity index (χ0v) is 22.8. The van der Waals surface area contributed by atoms with Gasteiger partial charge < -0.3 is 4.74 Å². The third-order valence-corrected chi connectivity index (χ3v) is 7.95. The van der Waals surface area contributed by atoms with Crippen molar-refractivity contribution in [2.45, 2.75) is 52.2 Å². The van der Waals surface area contributed by atoms with Crippen molar-refractivity contribution in [2.75, 3.05) is 20.6 Å². The Kier molecular flexibility index (Phi) is 9.71. The Morgan fingerprint density at radius 3 is 2.31 bits per heavy atom. The molecule has 0 bridgehead atoms. The Morgan fingerprint density at radius 1 is 1.11 bits per heavy atom. The summed E-state index contributed by atoms with van der Waals surface area (Å²) in [6, 6.07) is 6.47. The van der Waals surface area contributed by atoms with Crippen molar-refractivity contribution in [3.8, 4) is 0 Å². The fourth-order valence-electron chi connectivity index (χ4n) is 2.81. The molecule has 0 unspecified atom stereocenters. The molecule has 14 heteroatoms. The van der Waals surface area contributed by atoms with Crippen LogP contribution in [0.15, 0.2) is 36.8 Å². The van der Waals surface area contributed by atoms with Gasteiger partial charge in [0.05, 0.1) is 12.2 Å². The van der Waals surface area contributed by atoms with Crippen LogP contribution in [0.4, 0.5) is 4.79 Å². The summed E-state index contributed by atoms with van der Waals surface area (Å²) in [7, 11) is -4.98. The van der Waals surface area contributed by atoms with E-state index >= 15 is 0 Å². The minimum Gasteiger partial charge on any atom is -0.443 e. The lowest BCUT2D eigenvalue weighted by Gasteiger charge is -2.27. The van der Waals surface area contributed by atoms with E-state index in [0.29, 0.717) is 39.8 Å². The van der Waals surface area contributed by atoms with Gasteiger partial charge in [0.2, 0.25) is 0 Å². The van der Waals surface area contributed by atoms with E-state index in [4.69, 9.17) is 16.3 Å². The highest BCUT2D eigenvalue weighted by Gasteiger charge is 2.31. The van der Waals surface area contributed by atoms with Gasteiger partial charge in [0, 0.05) is 31.9 Å². The van der Waals surface area contributed by atoms with E-state index in [0.717, 1.165) is 8.28 Å². The van der Waals surface area contributed by atoms with Crippen LogP contribution in [-0.4, -0.2) is 66.7 Å². The standard InChI is InChI=1S/C21H32ClN5O6S2/c1-21(2,3)33-20(28)27(14-17-9-11-18(22)12-10-17)34(29,30)24-13-7-6-8-19-15-26(16-23-19)35(31,32)25(4)5/h9-12,15-16,24H,6-8,13-14H2,1-5H3. The molecule has 1 aromatic carbocycles. The number of imidazole rings is 1.